The van der Waals surface area contributed by atoms with Gasteiger partial charge in [0.2, 0.25) is 0 Å². The minimum absolute atomic E-state index is 0.0210. The van der Waals surface area contributed by atoms with Crippen LogP contribution in [0.15, 0.2) is 0 Å². The van der Waals surface area contributed by atoms with Gasteiger partial charge in [0.1, 0.15) is 9.84 Å². The molecule has 5 nitrogen and oxygen atoms in total. The zero-order valence-corrected chi connectivity index (χ0v) is 11.0. The van der Waals surface area contributed by atoms with Crippen molar-refractivity contribution in [3.05, 3.63) is 0 Å². The zero-order chi connectivity index (χ0) is 12.5. The predicted molar refractivity (Wildman–Crippen MR) is 64.3 cm³/mol. The highest BCUT2D eigenvalue weighted by atomic mass is 32.2. The zero-order valence-electron chi connectivity index (χ0n) is 10.2. The molecule has 2 unspecified atom stereocenters. The van der Waals surface area contributed by atoms with Gasteiger partial charge in [0.25, 0.3) is 0 Å². The van der Waals surface area contributed by atoms with E-state index in [-0.39, 0.29) is 6.10 Å². The number of hydrogen-bond donors (Lipinski definition) is 1. The summed E-state index contributed by atoms with van der Waals surface area (Å²) in [6.07, 6.45) is 2.18. The SMILES string of the molecule is CC1(CC2CCS(=O)(=O)CC2)OCC(CN)O1. The average Bonchev–Trinajstić information content (AvgIpc) is 2.64. The van der Waals surface area contributed by atoms with Gasteiger partial charge in [0, 0.05) is 13.0 Å². The quantitative estimate of drug-likeness (QED) is 0.792. The Labute approximate surface area is 103 Å². The number of ether oxygens (including phenoxy) is 2. The first-order chi connectivity index (χ1) is 7.92. The van der Waals surface area contributed by atoms with Crippen LogP contribution < -0.4 is 5.73 Å². The van der Waals surface area contributed by atoms with Crippen LogP contribution in [0.5, 0.6) is 0 Å². The third kappa shape index (κ3) is 3.40. The first kappa shape index (κ1) is 13.3. The molecule has 0 aromatic carbocycles. The Morgan fingerprint density at radius 2 is 2.00 bits per heavy atom. The highest BCUT2D eigenvalue weighted by molar-refractivity contribution is 7.91. The van der Waals surface area contributed by atoms with Crippen molar-refractivity contribution >= 4 is 9.84 Å². The maximum Gasteiger partial charge on any atom is 0.166 e. The summed E-state index contributed by atoms with van der Waals surface area (Å²) in [5.74, 6) is 0.401. The molecule has 2 aliphatic rings. The van der Waals surface area contributed by atoms with Crippen molar-refractivity contribution in [2.24, 2.45) is 11.7 Å². The summed E-state index contributed by atoms with van der Waals surface area (Å²) in [4.78, 5) is 0. The Morgan fingerprint density at radius 3 is 2.53 bits per heavy atom. The molecule has 2 heterocycles. The van der Waals surface area contributed by atoms with E-state index in [1.165, 1.54) is 0 Å². The van der Waals surface area contributed by atoms with Crippen molar-refractivity contribution in [1.82, 2.24) is 0 Å². The summed E-state index contributed by atoms with van der Waals surface area (Å²) in [5, 5.41) is 0. The first-order valence-corrected chi connectivity index (χ1v) is 7.97. The molecule has 2 saturated heterocycles. The van der Waals surface area contributed by atoms with E-state index in [0.717, 1.165) is 19.3 Å². The third-order valence-corrected chi connectivity index (χ3v) is 5.30. The summed E-state index contributed by atoms with van der Waals surface area (Å²) in [6, 6.07) is 0. The normalized spacial score (nSPS) is 38.4. The molecule has 0 amide bonds. The Bertz CT molecular complexity index is 356. The highest BCUT2D eigenvalue weighted by Crippen LogP contribution is 2.34. The van der Waals surface area contributed by atoms with E-state index in [4.69, 9.17) is 15.2 Å². The lowest BCUT2D eigenvalue weighted by atomic mass is 9.94. The molecular weight excluding hydrogens is 242 g/mol. The van der Waals surface area contributed by atoms with Gasteiger partial charge in [-0.2, -0.15) is 0 Å². The molecule has 0 bridgehead atoms. The van der Waals surface area contributed by atoms with Gasteiger partial charge in [-0.3, -0.25) is 0 Å². The van der Waals surface area contributed by atoms with Crippen molar-refractivity contribution in [1.29, 1.82) is 0 Å². The standard InChI is InChI=1S/C11H21NO4S/c1-11(15-8-10(7-12)16-11)6-9-2-4-17(13,14)5-3-9/h9-10H,2-8,12H2,1H3. The number of nitrogens with two attached hydrogens (primary N) is 1. The molecule has 0 saturated carbocycles. The minimum atomic E-state index is -2.79. The van der Waals surface area contributed by atoms with Crippen LogP contribution in [0.1, 0.15) is 26.2 Å². The van der Waals surface area contributed by atoms with Gasteiger partial charge in [-0.25, -0.2) is 8.42 Å². The van der Waals surface area contributed by atoms with Gasteiger partial charge in [0.05, 0.1) is 24.2 Å². The molecule has 0 aliphatic carbocycles. The maximum atomic E-state index is 11.3. The molecular formula is C11H21NO4S. The summed E-state index contributed by atoms with van der Waals surface area (Å²) < 4.78 is 34.1. The molecule has 100 valence electrons. The number of sulfone groups is 1. The summed E-state index contributed by atoms with van der Waals surface area (Å²) in [7, 11) is -2.79. The Hall–Kier alpha value is -0.170. The molecule has 6 heteroatoms. The molecule has 0 aromatic heterocycles. The van der Waals surface area contributed by atoms with Crippen LogP contribution in [0, 0.1) is 5.92 Å². The lowest BCUT2D eigenvalue weighted by Gasteiger charge is -2.30. The largest absolute Gasteiger partial charge is 0.347 e. The van der Waals surface area contributed by atoms with Crippen LogP contribution in [0.4, 0.5) is 0 Å². The van der Waals surface area contributed by atoms with E-state index >= 15 is 0 Å². The van der Waals surface area contributed by atoms with E-state index in [9.17, 15) is 8.42 Å². The molecule has 2 rings (SSSR count). The Morgan fingerprint density at radius 1 is 1.35 bits per heavy atom. The Balaban J connectivity index is 1.86. The second-order valence-electron chi connectivity index (χ2n) is 5.22. The molecule has 2 aliphatic heterocycles. The molecule has 2 atom stereocenters. The molecule has 2 N–H and O–H groups in total. The van der Waals surface area contributed by atoms with Crippen LogP contribution >= 0.6 is 0 Å². The fraction of sp³-hybridized carbons (Fsp3) is 1.00. The molecule has 0 spiro atoms. The highest BCUT2D eigenvalue weighted by Gasteiger charge is 2.39. The van der Waals surface area contributed by atoms with Crippen molar-refractivity contribution in [3.8, 4) is 0 Å². The molecule has 17 heavy (non-hydrogen) atoms. The minimum Gasteiger partial charge on any atom is -0.347 e. The summed E-state index contributed by atoms with van der Waals surface area (Å²) in [6.45, 7) is 2.93. The van der Waals surface area contributed by atoms with Crippen molar-refractivity contribution in [2.75, 3.05) is 24.7 Å². The van der Waals surface area contributed by atoms with E-state index in [2.05, 4.69) is 0 Å². The predicted octanol–water partition coefficient (Wildman–Crippen LogP) is 0.292. The average molecular weight is 263 g/mol. The molecule has 0 radical (unpaired) electrons. The van der Waals surface area contributed by atoms with Crippen LogP contribution in [0.3, 0.4) is 0 Å². The van der Waals surface area contributed by atoms with Crippen LogP contribution in [0.25, 0.3) is 0 Å². The number of rotatable bonds is 3. The van der Waals surface area contributed by atoms with E-state index < -0.39 is 15.6 Å². The monoisotopic (exact) mass is 263 g/mol. The smallest absolute Gasteiger partial charge is 0.166 e. The van der Waals surface area contributed by atoms with Crippen molar-refractivity contribution in [2.45, 2.75) is 38.1 Å². The molecule has 2 fully saturated rings. The van der Waals surface area contributed by atoms with E-state index in [1.54, 1.807) is 0 Å². The third-order valence-electron chi connectivity index (χ3n) is 3.59. The van der Waals surface area contributed by atoms with Gasteiger partial charge in [-0.1, -0.05) is 0 Å². The van der Waals surface area contributed by atoms with Crippen LogP contribution in [-0.4, -0.2) is 45.0 Å². The Kier molecular flexibility index (Phi) is 3.77. The van der Waals surface area contributed by atoms with Gasteiger partial charge in [0.15, 0.2) is 5.79 Å². The van der Waals surface area contributed by atoms with Crippen LogP contribution in [0.2, 0.25) is 0 Å². The second kappa shape index (κ2) is 4.84. The van der Waals surface area contributed by atoms with Crippen molar-refractivity contribution < 1.29 is 17.9 Å². The van der Waals surface area contributed by atoms with E-state index in [0.29, 0.717) is 30.6 Å². The maximum absolute atomic E-state index is 11.3. The van der Waals surface area contributed by atoms with Gasteiger partial charge >= 0.3 is 0 Å². The van der Waals surface area contributed by atoms with Gasteiger partial charge < -0.3 is 15.2 Å². The fourth-order valence-electron chi connectivity index (χ4n) is 2.58. The first-order valence-electron chi connectivity index (χ1n) is 6.15. The van der Waals surface area contributed by atoms with Crippen LogP contribution in [-0.2, 0) is 19.3 Å². The number of hydrogen-bond acceptors (Lipinski definition) is 5. The lowest BCUT2D eigenvalue weighted by Crippen LogP contribution is -2.34. The van der Waals surface area contributed by atoms with Gasteiger partial charge in [-0.15, -0.1) is 0 Å². The lowest BCUT2D eigenvalue weighted by molar-refractivity contribution is -0.165. The summed E-state index contributed by atoms with van der Waals surface area (Å²) >= 11 is 0. The van der Waals surface area contributed by atoms with Crippen molar-refractivity contribution in [3.63, 3.8) is 0 Å². The molecule has 0 aromatic rings. The summed E-state index contributed by atoms with van der Waals surface area (Å²) in [5.41, 5.74) is 5.54. The topological polar surface area (TPSA) is 78.6 Å². The fourth-order valence-corrected chi connectivity index (χ4v) is 4.17. The van der Waals surface area contributed by atoms with Gasteiger partial charge in [-0.05, 0) is 25.7 Å². The van der Waals surface area contributed by atoms with E-state index in [1.807, 2.05) is 6.92 Å². The second-order valence-corrected chi connectivity index (χ2v) is 7.52.